The van der Waals surface area contributed by atoms with Crippen LogP contribution in [0.25, 0.3) is 11.4 Å². The standard InChI is InChI=1S/C22H26N4O2/c1-27-14-6-13-23-20-15-21(24-16-17-9-11-19(28-2)12-10-17)26-22(25-20)18-7-4-3-5-8-18/h3-5,7-12,15H,6,13-14,16H2,1-2H3,(H2,23,24,25,26). The average Bonchev–Trinajstić information content (AvgIpc) is 2.76. The van der Waals surface area contributed by atoms with Gasteiger partial charge in [0.15, 0.2) is 5.82 Å². The highest BCUT2D eigenvalue weighted by atomic mass is 16.5. The number of methoxy groups -OCH3 is 2. The SMILES string of the molecule is COCCCNc1cc(NCc2ccc(OC)cc2)nc(-c2ccccc2)n1. The summed E-state index contributed by atoms with van der Waals surface area (Å²) in [4.78, 5) is 9.34. The number of nitrogens with zero attached hydrogens (tertiary/aromatic N) is 2. The van der Waals surface area contributed by atoms with Gasteiger partial charge in [-0.15, -0.1) is 0 Å². The summed E-state index contributed by atoms with van der Waals surface area (Å²) in [5, 5.41) is 6.75. The smallest absolute Gasteiger partial charge is 0.163 e. The molecule has 0 aliphatic carbocycles. The van der Waals surface area contributed by atoms with Gasteiger partial charge in [0.1, 0.15) is 17.4 Å². The minimum absolute atomic E-state index is 0.665. The van der Waals surface area contributed by atoms with Crippen molar-refractivity contribution in [2.45, 2.75) is 13.0 Å². The van der Waals surface area contributed by atoms with Gasteiger partial charge in [0.05, 0.1) is 7.11 Å². The van der Waals surface area contributed by atoms with Crippen molar-refractivity contribution in [1.29, 1.82) is 0 Å². The number of anilines is 2. The molecule has 2 aromatic carbocycles. The fourth-order valence-electron chi connectivity index (χ4n) is 2.71. The molecule has 3 rings (SSSR count). The monoisotopic (exact) mass is 378 g/mol. The van der Waals surface area contributed by atoms with Gasteiger partial charge in [0.2, 0.25) is 0 Å². The van der Waals surface area contributed by atoms with Crippen LogP contribution in [0.5, 0.6) is 5.75 Å². The number of rotatable bonds is 10. The molecule has 0 bridgehead atoms. The molecule has 1 heterocycles. The van der Waals surface area contributed by atoms with Crippen molar-refractivity contribution in [1.82, 2.24) is 9.97 Å². The van der Waals surface area contributed by atoms with E-state index in [1.807, 2.05) is 60.7 Å². The third-order valence-corrected chi connectivity index (χ3v) is 4.22. The maximum atomic E-state index is 5.21. The summed E-state index contributed by atoms with van der Waals surface area (Å²) in [6.45, 7) is 2.17. The van der Waals surface area contributed by atoms with Crippen LogP contribution in [0.4, 0.5) is 11.6 Å². The first-order valence-electron chi connectivity index (χ1n) is 9.32. The zero-order chi connectivity index (χ0) is 19.6. The van der Waals surface area contributed by atoms with Crippen molar-refractivity contribution in [2.75, 3.05) is 38.0 Å². The molecule has 146 valence electrons. The van der Waals surface area contributed by atoms with Crippen molar-refractivity contribution >= 4 is 11.6 Å². The molecule has 0 radical (unpaired) electrons. The molecule has 28 heavy (non-hydrogen) atoms. The molecule has 2 N–H and O–H groups in total. The molecular formula is C22H26N4O2. The lowest BCUT2D eigenvalue weighted by molar-refractivity contribution is 0.198. The highest BCUT2D eigenvalue weighted by Gasteiger charge is 2.07. The summed E-state index contributed by atoms with van der Waals surface area (Å²) in [7, 11) is 3.37. The van der Waals surface area contributed by atoms with E-state index in [0.29, 0.717) is 19.0 Å². The predicted octanol–water partition coefficient (Wildman–Crippen LogP) is 4.21. The molecule has 0 amide bonds. The van der Waals surface area contributed by atoms with Gasteiger partial charge in [-0.05, 0) is 24.1 Å². The Kier molecular flexibility index (Phi) is 7.21. The molecule has 0 spiro atoms. The van der Waals surface area contributed by atoms with Crippen LogP contribution in [0.3, 0.4) is 0 Å². The van der Waals surface area contributed by atoms with E-state index in [2.05, 4.69) is 20.6 Å². The maximum Gasteiger partial charge on any atom is 0.163 e. The zero-order valence-corrected chi connectivity index (χ0v) is 16.3. The molecule has 0 fully saturated rings. The molecule has 0 saturated carbocycles. The lowest BCUT2D eigenvalue weighted by Crippen LogP contribution is -2.09. The Hall–Kier alpha value is -3.12. The molecule has 6 heteroatoms. The predicted molar refractivity (Wildman–Crippen MR) is 113 cm³/mol. The summed E-state index contributed by atoms with van der Waals surface area (Å²) in [5.74, 6) is 3.11. The molecule has 0 aliphatic heterocycles. The van der Waals surface area contributed by atoms with E-state index in [9.17, 15) is 0 Å². The molecular weight excluding hydrogens is 352 g/mol. The maximum absolute atomic E-state index is 5.21. The number of nitrogens with one attached hydrogen (secondary N) is 2. The quantitative estimate of drug-likeness (QED) is 0.515. The van der Waals surface area contributed by atoms with Crippen LogP contribution >= 0.6 is 0 Å². The van der Waals surface area contributed by atoms with Crippen LogP contribution in [0.2, 0.25) is 0 Å². The van der Waals surface area contributed by atoms with E-state index in [1.54, 1.807) is 14.2 Å². The Labute approximate surface area is 166 Å². The number of aromatic nitrogens is 2. The zero-order valence-electron chi connectivity index (χ0n) is 16.3. The number of benzene rings is 2. The topological polar surface area (TPSA) is 68.3 Å². The molecule has 1 aromatic heterocycles. The van der Waals surface area contributed by atoms with E-state index in [-0.39, 0.29) is 0 Å². The Balaban J connectivity index is 1.75. The summed E-state index contributed by atoms with van der Waals surface area (Å²) in [6.07, 6.45) is 0.912. The van der Waals surface area contributed by atoms with Crippen LogP contribution in [0.15, 0.2) is 60.7 Å². The fourth-order valence-corrected chi connectivity index (χ4v) is 2.71. The Morgan fingerprint density at radius 3 is 2.25 bits per heavy atom. The van der Waals surface area contributed by atoms with Crippen LogP contribution in [-0.4, -0.2) is 37.3 Å². The lowest BCUT2D eigenvalue weighted by Gasteiger charge is -2.12. The van der Waals surface area contributed by atoms with Gasteiger partial charge in [-0.1, -0.05) is 42.5 Å². The fraction of sp³-hybridized carbons (Fsp3) is 0.273. The van der Waals surface area contributed by atoms with Gasteiger partial charge < -0.3 is 20.1 Å². The molecule has 3 aromatic rings. The Morgan fingerprint density at radius 1 is 0.857 bits per heavy atom. The van der Waals surface area contributed by atoms with E-state index in [1.165, 1.54) is 0 Å². The van der Waals surface area contributed by atoms with Gasteiger partial charge >= 0.3 is 0 Å². The second-order valence-electron chi connectivity index (χ2n) is 6.30. The Morgan fingerprint density at radius 2 is 1.57 bits per heavy atom. The minimum Gasteiger partial charge on any atom is -0.497 e. The second kappa shape index (κ2) is 10.3. The van der Waals surface area contributed by atoms with E-state index >= 15 is 0 Å². The van der Waals surface area contributed by atoms with Gasteiger partial charge in [0, 0.05) is 38.4 Å². The van der Waals surface area contributed by atoms with E-state index in [4.69, 9.17) is 9.47 Å². The molecule has 0 aliphatic rings. The van der Waals surface area contributed by atoms with Crippen molar-refractivity contribution in [3.63, 3.8) is 0 Å². The molecule has 0 saturated heterocycles. The number of hydrogen-bond donors (Lipinski definition) is 2. The molecule has 0 atom stereocenters. The van der Waals surface area contributed by atoms with E-state index < -0.39 is 0 Å². The lowest BCUT2D eigenvalue weighted by atomic mass is 10.2. The normalized spacial score (nSPS) is 10.5. The highest BCUT2D eigenvalue weighted by Crippen LogP contribution is 2.21. The van der Waals surface area contributed by atoms with Gasteiger partial charge in [-0.3, -0.25) is 0 Å². The van der Waals surface area contributed by atoms with Gasteiger partial charge in [-0.25, -0.2) is 9.97 Å². The summed E-state index contributed by atoms with van der Waals surface area (Å²) >= 11 is 0. The third kappa shape index (κ3) is 5.69. The summed E-state index contributed by atoms with van der Waals surface area (Å²) in [5.41, 5.74) is 2.13. The van der Waals surface area contributed by atoms with Crippen molar-refractivity contribution < 1.29 is 9.47 Å². The van der Waals surface area contributed by atoms with Crippen molar-refractivity contribution in [3.05, 3.63) is 66.2 Å². The summed E-state index contributed by atoms with van der Waals surface area (Å²) in [6, 6.07) is 19.9. The average molecular weight is 378 g/mol. The molecule has 6 nitrogen and oxygen atoms in total. The minimum atomic E-state index is 0.665. The highest BCUT2D eigenvalue weighted by molar-refractivity contribution is 5.61. The van der Waals surface area contributed by atoms with Crippen LogP contribution < -0.4 is 15.4 Å². The van der Waals surface area contributed by atoms with Crippen LogP contribution in [-0.2, 0) is 11.3 Å². The Bertz CT molecular complexity index is 854. The van der Waals surface area contributed by atoms with E-state index in [0.717, 1.165) is 41.5 Å². The number of hydrogen-bond acceptors (Lipinski definition) is 6. The first-order chi connectivity index (χ1) is 13.8. The summed E-state index contributed by atoms with van der Waals surface area (Å²) < 4.78 is 10.3. The first-order valence-corrected chi connectivity index (χ1v) is 9.32. The van der Waals surface area contributed by atoms with Crippen molar-refractivity contribution in [3.8, 4) is 17.1 Å². The van der Waals surface area contributed by atoms with Crippen LogP contribution in [0.1, 0.15) is 12.0 Å². The largest absolute Gasteiger partial charge is 0.497 e. The van der Waals surface area contributed by atoms with Crippen molar-refractivity contribution in [2.24, 2.45) is 0 Å². The third-order valence-electron chi connectivity index (χ3n) is 4.22. The van der Waals surface area contributed by atoms with Gasteiger partial charge in [0.25, 0.3) is 0 Å². The van der Waals surface area contributed by atoms with Crippen LogP contribution in [0, 0.1) is 0 Å². The van der Waals surface area contributed by atoms with Gasteiger partial charge in [-0.2, -0.15) is 0 Å². The first kappa shape index (κ1) is 19.6. The number of ether oxygens (including phenoxy) is 2. The molecule has 0 unspecified atom stereocenters. The second-order valence-corrected chi connectivity index (χ2v) is 6.30.